The van der Waals surface area contributed by atoms with Crippen LogP contribution in [0.1, 0.15) is 11.1 Å². The van der Waals surface area contributed by atoms with E-state index in [0.29, 0.717) is 21.8 Å². The molecule has 0 fully saturated rings. The second-order valence-electron chi connectivity index (χ2n) is 5.13. The van der Waals surface area contributed by atoms with E-state index in [4.69, 9.17) is 16.0 Å². The number of nitrogens with zero attached hydrogens (tertiary/aromatic N) is 2. The van der Waals surface area contributed by atoms with Crippen molar-refractivity contribution in [2.24, 2.45) is 0 Å². The predicted octanol–water partition coefficient (Wildman–Crippen LogP) is 4.80. The molecule has 1 amide bonds. The fraction of sp³-hybridized carbons (Fsp3) is 0.188. The molecular weight excluding hydrogens is 366 g/mol. The summed E-state index contributed by atoms with van der Waals surface area (Å²) in [5.41, 5.74) is 2.62. The molecule has 0 unspecified atom stereocenters. The van der Waals surface area contributed by atoms with E-state index in [1.54, 1.807) is 0 Å². The molecule has 3 aromatic rings. The molecular formula is C16H14ClN3O2S2. The smallest absolute Gasteiger partial charge is 0.277 e. The van der Waals surface area contributed by atoms with Crippen molar-refractivity contribution in [2.45, 2.75) is 19.1 Å². The lowest BCUT2D eigenvalue weighted by Gasteiger charge is -2.11. The van der Waals surface area contributed by atoms with Gasteiger partial charge in [0, 0.05) is 0 Å². The van der Waals surface area contributed by atoms with Gasteiger partial charge in [0.2, 0.25) is 5.91 Å². The van der Waals surface area contributed by atoms with E-state index in [2.05, 4.69) is 15.5 Å². The molecule has 1 aromatic carbocycles. The zero-order valence-electron chi connectivity index (χ0n) is 13.0. The Balaban J connectivity index is 1.60. The third-order valence-electron chi connectivity index (χ3n) is 3.16. The fourth-order valence-electron chi connectivity index (χ4n) is 2.14. The summed E-state index contributed by atoms with van der Waals surface area (Å²) in [4.78, 5) is 13.0. The maximum Gasteiger partial charge on any atom is 0.277 e. The summed E-state index contributed by atoms with van der Waals surface area (Å²) < 4.78 is 5.54. The van der Waals surface area contributed by atoms with E-state index >= 15 is 0 Å². The number of thiophene rings is 1. The Morgan fingerprint density at radius 3 is 2.92 bits per heavy atom. The summed E-state index contributed by atoms with van der Waals surface area (Å²) in [6.07, 6.45) is 0. The first-order chi connectivity index (χ1) is 11.5. The summed E-state index contributed by atoms with van der Waals surface area (Å²) in [5.74, 6) is 0.450. The van der Waals surface area contributed by atoms with Gasteiger partial charge in [-0.3, -0.25) is 4.79 Å². The van der Waals surface area contributed by atoms with E-state index in [-0.39, 0.29) is 11.7 Å². The van der Waals surface area contributed by atoms with Crippen molar-refractivity contribution in [2.75, 3.05) is 11.1 Å². The van der Waals surface area contributed by atoms with Gasteiger partial charge in [0.15, 0.2) is 0 Å². The highest BCUT2D eigenvalue weighted by Crippen LogP contribution is 2.29. The Labute approximate surface area is 152 Å². The van der Waals surface area contributed by atoms with Crippen LogP contribution in [0.3, 0.4) is 0 Å². The van der Waals surface area contributed by atoms with E-state index in [1.807, 2.05) is 43.5 Å². The highest BCUT2D eigenvalue weighted by molar-refractivity contribution is 7.99. The van der Waals surface area contributed by atoms with Gasteiger partial charge in [0.05, 0.1) is 21.3 Å². The van der Waals surface area contributed by atoms with Crippen molar-refractivity contribution in [3.8, 4) is 10.8 Å². The summed E-state index contributed by atoms with van der Waals surface area (Å²) >= 11 is 8.91. The van der Waals surface area contributed by atoms with Gasteiger partial charge < -0.3 is 9.73 Å². The molecule has 0 saturated carbocycles. The van der Waals surface area contributed by atoms with Crippen LogP contribution in [0.5, 0.6) is 0 Å². The minimum absolute atomic E-state index is 0.162. The quantitative estimate of drug-likeness (QED) is 0.645. The zero-order valence-corrected chi connectivity index (χ0v) is 15.4. The van der Waals surface area contributed by atoms with Crippen LogP contribution in [0.4, 0.5) is 5.69 Å². The molecule has 0 aliphatic rings. The van der Waals surface area contributed by atoms with Crippen LogP contribution < -0.4 is 5.32 Å². The minimum atomic E-state index is -0.176. The van der Waals surface area contributed by atoms with Crippen molar-refractivity contribution in [3.05, 3.63) is 45.8 Å². The number of carbonyl (C=O) groups is 1. The Kier molecular flexibility index (Phi) is 5.23. The van der Waals surface area contributed by atoms with Crippen LogP contribution in [0.15, 0.2) is 39.3 Å². The number of nitrogens with one attached hydrogen (secondary N) is 1. The van der Waals surface area contributed by atoms with Crippen molar-refractivity contribution in [1.82, 2.24) is 10.2 Å². The van der Waals surface area contributed by atoms with Gasteiger partial charge in [-0.05, 0) is 42.5 Å². The third kappa shape index (κ3) is 3.98. The number of hydrogen-bond donors (Lipinski definition) is 1. The predicted molar refractivity (Wildman–Crippen MR) is 97.9 cm³/mol. The van der Waals surface area contributed by atoms with Crippen molar-refractivity contribution in [3.63, 3.8) is 0 Å². The fourth-order valence-corrected chi connectivity index (χ4v) is 3.72. The molecule has 0 bridgehead atoms. The SMILES string of the molecule is Cc1cc(C)c(NC(=O)CSc2nnc(-c3cccs3)o2)c(Cl)c1. The molecule has 0 spiro atoms. The van der Waals surface area contributed by atoms with Crippen molar-refractivity contribution < 1.29 is 9.21 Å². The summed E-state index contributed by atoms with van der Waals surface area (Å²) in [5, 5.41) is 13.6. The number of aryl methyl sites for hydroxylation is 2. The first kappa shape index (κ1) is 17.0. The van der Waals surface area contributed by atoms with Gasteiger partial charge in [-0.15, -0.1) is 21.5 Å². The summed E-state index contributed by atoms with van der Waals surface area (Å²) in [6.45, 7) is 3.87. The Hall–Kier alpha value is -1.83. The number of rotatable bonds is 5. The molecule has 5 nitrogen and oxygen atoms in total. The van der Waals surface area contributed by atoms with Crippen molar-refractivity contribution in [1.29, 1.82) is 0 Å². The molecule has 2 heterocycles. The van der Waals surface area contributed by atoms with E-state index in [0.717, 1.165) is 16.0 Å². The van der Waals surface area contributed by atoms with Gasteiger partial charge in [0.1, 0.15) is 0 Å². The first-order valence-electron chi connectivity index (χ1n) is 7.09. The van der Waals surface area contributed by atoms with Gasteiger partial charge >= 0.3 is 0 Å². The lowest BCUT2D eigenvalue weighted by Crippen LogP contribution is -2.15. The Bertz CT molecular complexity index is 839. The molecule has 0 radical (unpaired) electrons. The standard InChI is InChI=1S/C16H14ClN3O2S2/c1-9-6-10(2)14(11(17)7-9)18-13(21)8-24-16-20-19-15(22-16)12-4-3-5-23-12/h3-7H,8H2,1-2H3,(H,18,21). The number of aromatic nitrogens is 2. The van der Waals surface area contributed by atoms with Gasteiger partial charge in [0.25, 0.3) is 11.1 Å². The average molecular weight is 380 g/mol. The number of thioether (sulfide) groups is 1. The molecule has 0 aliphatic carbocycles. The van der Waals surface area contributed by atoms with E-state index in [1.165, 1.54) is 23.1 Å². The summed E-state index contributed by atoms with van der Waals surface area (Å²) in [7, 11) is 0. The van der Waals surface area contributed by atoms with Crippen LogP contribution in [-0.4, -0.2) is 21.9 Å². The molecule has 0 atom stereocenters. The molecule has 0 saturated heterocycles. The number of halogens is 1. The molecule has 124 valence electrons. The van der Waals surface area contributed by atoms with E-state index in [9.17, 15) is 4.79 Å². The number of carbonyl (C=O) groups excluding carboxylic acids is 1. The van der Waals surface area contributed by atoms with Crippen molar-refractivity contribution >= 4 is 46.3 Å². The topological polar surface area (TPSA) is 68.0 Å². The van der Waals surface area contributed by atoms with E-state index < -0.39 is 0 Å². The van der Waals surface area contributed by atoms with Crippen LogP contribution in [0.25, 0.3) is 10.8 Å². The second kappa shape index (κ2) is 7.38. The Morgan fingerprint density at radius 2 is 2.21 bits per heavy atom. The number of benzene rings is 1. The normalized spacial score (nSPS) is 10.8. The lowest BCUT2D eigenvalue weighted by atomic mass is 10.1. The number of amides is 1. The largest absolute Gasteiger partial charge is 0.410 e. The zero-order chi connectivity index (χ0) is 17.1. The van der Waals surface area contributed by atoms with Crippen LogP contribution in [0, 0.1) is 13.8 Å². The minimum Gasteiger partial charge on any atom is -0.410 e. The van der Waals surface area contributed by atoms with Crippen LogP contribution in [-0.2, 0) is 4.79 Å². The maximum absolute atomic E-state index is 12.1. The molecule has 3 rings (SSSR count). The lowest BCUT2D eigenvalue weighted by molar-refractivity contribution is -0.113. The number of anilines is 1. The highest BCUT2D eigenvalue weighted by atomic mass is 35.5. The maximum atomic E-state index is 12.1. The van der Waals surface area contributed by atoms with Crippen LogP contribution in [0.2, 0.25) is 5.02 Å². The molecule has 1 N–H and O–H groups in total. The van der Waals surface area contributed by atoms with Gasteiger partial charge in [-0.25, -0.2) is 0 Å². The first-order valence-corrected chi connectivity index (χ1v) is 9.34. The molecule has 24 heavy (non-hydrogen) atoms. The highest BCUT2D eigenvalue weighted by Gasteiger charge is 2.13. The third-order valence-corrected chi connectivity index (χ3v) is 5.14. The Morgan fingerprint density at radius 1 is 1.38 bits per heavy atom. The number of hydrogen-bond acceptors (Lipinski definition) is 6. The van der Waals surface area contributed by atoms with Gasteiger partial charge in [-0.2, -0.15) is 0 Å². The average Bonchev–Trinajstić information content (AvgIpc) is 3.19. The summed E-state index contributed by atoms with van der Waals surface area (Å²) in [6, 6.07) is 7.61. The monoisotopic (exact) mass is 379 g/mol. The second-order valence-corrected chi connectivity index (χ2v) is 7.41. The van der Waals surface area contributed by atoms with Crippen LogP contribution >= 0.6 is 34.7 Å². The molecule has 0 aliphatic heterocycles. The molecule has 8 heteroatoms. The van der Waals surface area contributed by atoms with Gasteiger partial charge in [-0.1, -0.05) is 35.5 Å². The molecule has 2 aromatic heterocycles.